The Morgan fingerprint density at radius 2 is 2.71 bits per heavy atom. The number of rotatable bonds is 0. The molecule has 0 saturated carbocycles. The van der Waals surface area contributed by atoms with Crippen molar-refractivity contribution >= 4 is 6.40 Å². The molecular formula is C4H7NO2. The Bertz CT molecular complexity index is 81.8. The molecule has 0 aliphatic carbocycles. The SMILES string of the molecule is CC1COC=NO1. The van der Waals surface area contributed by atoms with E-state index >= 15 is 0 Å². The molecule has 0 radical (unpaired) electrons. The van der Waals surface area contributed by atoms with Gasteiger partial charge < -0.3 is 9.57 Å². The van der Waals surface area contributed by atoms with E-state index < -0.39 is 0 Å². The lowest BCUT2D eigenvalue weighted by atomic mass is 10.4. The van der Waals surface area contributed by atoms with Crippen LogP contribution >= 0.6 is 0 Å². The van der Waals surface area contributed by atoms with Crippen LogP contribution < -0.4 is 0 Å². The third-order valence-corrected chi connectivity index (χ3v) is 0.689. The molecule has 0 aromatic carbocycles. The lowest BCUT2D eigenvalue weighted by Gasteiger charge is -2.11. The van der Waals surface area contributed by atoms with Crippen LogP contribution in [-0.2, 0) is 9.57 Å². The molecular weight excluding hydrogens is 94.0 g/mol. The maximum Gasteiger partial charge on any atom is 0.212 e. The monoisotopic (exact) mass is 101 g/mol. The Kier molecular flexibility index (Phi) is 1.15. The molecule has 0 aromatic heterocycles. The van der Waals surface area contributed by atoms with Crippen LogP contribution in [-0.4, -0.2) is 19.1 Å². The van der Waals surface area contributed by atoms with E-state index in [0.717, 1.165) is 0 Å². The molecule has 1 aliphatic rings. The molecule has 1 unspecified atom stereocenters. The highest BCUT2D eigenvalue weighted by molar-refractivity contribution is 5.45. The van der Waals surface area contributed by atoms with E-state index in [1.165, 1.54) is 6.40 Å². The average Bonchev–Trinajstić information content (AvgIpc) is 1.69. The van der Waals surface area contributed by atoms with Crippen LogP contribution in [0.5, 0.6) is 0 Å². The molecule has 3 heteroatoms. The van der Waals surface area contributed by atoms with Gasteiger partial charge in [-0.1, -0.05) is 5.16 Å². The van der Waals surface area contributed by atoms with Crippen LogP contribution in [0, 0.1) is 0 Å². The standard InChI is InChI=1S/C4H7NO2/c1-4-2-6-3-5-7-4/h3-4H,2H2,1H3. The fourth-order valence-electron chi connectivity index (χ4n) is 0.368. The summed E-state index contributed by atoms with van der Waals surface area (Å²) in [5.74, 6) is 0. The smallest absolute Gasteiger partial charge is 0.212 e. The summed E-state index contributed by atoms with van der Waals surface area (Å²) >= 11 is 0. The molecule has 7 heavy (non-hydrogen) atoms. The van der Waals surface area contributed by atoms with Crippen molar-refractivity contribution in [1.82, 2.24) is 0 Å². The van der Waals surface area contributed by atoms with Crippen LogP contribution in [0.2, 0.25) is 0 Å². The van der Waals surface area contributed by atoms with Gasteiger partial charge in [-0.2, -0.15) is 0 Å². The Morgan fingerprint density at radius 3 is 3.00 bits per heavy atom. The van der Waals surface area contributed by atoms with Gasteiger partial charge in [0.1, 0.15) is 6.61 Å². The highest BCUT2D eigenvalue weighted by Crippen LogP contribution is 1.94. The predicted octanol–water partition coefficient (Wildman–Crippen LogP) is 0.365. The van der Waals surface area contributed by atoms with Crippen molar-refractivity contribution in [1.29, 1.82) is 0 Å². The summed E-state index contributed by atoms with van der Waals surface area (Å²) in [6.45, 7) is 2.51. The van der Waals surface area contributed by atoms with Gasteiger partial charge in [0.15, 0.2) is 6.10 Å². The summed E-state index contributed by atoms with van der Waals surface area (Å²) < 4.78 is 4.77. The summed E-state index contributed by atoms with van der Waals surface area (Å²) in [7, 11) is 0. The van der Waals surface area contributed by atoms with Crippen molar-refractivity contribution in [3.8, 4) is 0 Å². The highest BCUT2D eigenvalue weighted by Gasteiger charge is 2.03. The largest absolute Gasteiger partial charge is 0.477 e. The molecule has 1 atom stereocenters. The zero-order valence-corrected chi connectivity index (χ0v) is 4.13. The molecule has 0 amide bonds. The summed E-state index contributed by atoms with van der Waals surface area (Å²) in [5.41, 5.74) is 0. The first-order chi connectivity index (χ1) is 3.39. The lowest BCUT2D eigenvalue weighted by Crippen LogP contribution is -2.16. The van der Waals surface area contributed by atoms with E-state index in [1.807, 2.05) is 6.92 Å². The summed E-state index contributed by atoms with van der Waals surface area (Å²) in [6.07, 6.45) is 1.42. The first kappa shape index (κ1) is 4.43. The topological polar surface area (TPSA) is 30.8 Å². The predicted molar refractivity (Wildman–Crippen MR) is 25.0 cm³/mol. The molecule has 3 nitrogen and oxygen atoms in total. The molecule has 40 valence electrons. The Hall–Kier alpha value is -0.730. The third kappa shape index (κ3) is 1.07. The second-order valence-corrected chi connectivity index (χ2v) is 1.46. The van der Waals surface area contributed by atoms with E-state index in [2.05, 4.69) is 5.16 Å². The van der Waals surface area contributed by atoms with Crippen molar-refractivity contribution in [3.63, 3.8) is 0 Å². The average molecular weight is 101 g/mol. The maximum atomic E-state index is 4.77. The highest BCUT2D eigenvalue weighted by atomic mass is 16.7. The normalized spacial score (nSPS) is 28.4. The molecule has 0 bridgehead atoms. The summed E-state index contributed by atoms with van der Waals surface area (Å²) in [4.78, 5) is 4.72. The number of hydrogen-bond acceptors (Lipinski definition) is 3. The number of ether oxygens (including phenoxy) is 1. The van der Waals surface area contributed by atoms with Gasteiger partial charge in [0, 0.05) is 0 Å². The lowest BCUT2D eigenvalue weighted by molar-refractivity contribution is 0.00664. The number of nitrogens with zero attached hydrogens (tertiary/aromatic N) is 1. The van der Waals surface area contributed by atoms with Crippen molar-refractivity contribution in [2.24, 2.45) is 5.16 Å². The van der Waals surface area contributed by atoms with Gasteiger partial charge in [0.05, 0.1) is 0 Å². The number of oxime groups is 1. The van der Waals surface area contributed by atoms with Crippen LogP contribution in [0.25, 0.3) is 0 Å². The molecule has 0 spiro atoms. The van der Waals surface area contributed by atoms with Crippen molar-refractivity contribution in [2.45, 2.75) is 13.0 Å². The molecule has 0 N–H and O–H groups in total. The molecule has 0 fully saturated rings. The van der Waals surface area contributed by atoms with E-state index in [-0.39, 0.29) is 6.10 Å². The molecule has 1 heterocycles. The summed E-state index contributed by atoms with van der Waals surface area (Å²) in [6, 6.07) is 0. The number of hydrogen-bond donors (Lipinski definition) is 0. The van der Waals surface area contributed by atoms with E-state index in [0.29, 0.717) is 6.61 Å². The van der Waals surface area contributed by atoms with Crippen molar-refractivity contribution < 1.29 is 9.57 Å². The minimum Gasteiger partial charge on any atom is -0.477 e. The van der Waals surface area contributed by atoms with Crippen LogP contribution in [0.1, 0.15) is 6.92 Å². The van der Waals surface area contributed by atoms with Gasteiger partial charge >= 0.3 is 0 Å². The van der Waals surface area contributed by atoms with Gasteiger partial charge in [0.2, 0.25) is 6.40 Å². The van der Waals surface area contributed by atoms with Crippen molar-refractivity contribution in [2.75, 3.05) is 6.61 Å². The Morgan fingerprint density at radius 1 is 1.86 bits per heavy atom. The molecule has 0 aromatic rings. The van der Waals surface area contributed by atoms with Crippen LogP contribution in [0.3, 0.4) is 0 Å². The van der Waals surface area contributed by atoms with Gasteiger partial charge in [0.25, 0.3) is 0 Å². The first-order valence-corrected chi connectivity index (χ1v) is 2.19. The second-order valence-electron chi connectivity index (χ2n) is 1.46. The first-order valence-electron chi connectivity index (χ1n) is 2.19. The van der Waals surface area contributed by atoms with E-state index in [1.54, 1.807) is 0 Å². The second kappa shape index (κ2) is 1.82. The van der Waals surface area contributed by atoms with Gasteiger partial charge in [-0.25, -0.2) is 0 Å². The van der Waals surface area contributed by atoms with Crippen molar-refractivity contribution in [3.05, 3.63) is 0 Å². The van der Waals surface area contributed by atoms with Gasteiger partial charge in [-0.3, -0.25) is 0 Å². The van der Waals surface area contributed by atoms with Crippen LogP contribution in [0.4, 0.5) is 0 Å². The maximum absolute atomic E-state index is 4.77. The fourth-order valence-corrected chi connectivity index (χ4v) is 0.368. The van der Waals surface area contributed by atoms with Gasteiger partial charge in [-0.15, -0.1) is 0 Å². The van der Waals surface area contributed by atoms with Crippen LogP contribution in [0.15, 0.2) is 5.16 Å². The van der Waals surface area contributed by atoms with E-state index in [4.69, 9.17) is 9.57 Å². The molecule has 0 saturated heterocycles. The fraction of sp³-hybridized carbons (Fsp3) is 0.750. The minimum atomic E-state index is 0.116. The van der Waals surface area contributed by atoms with Gasteiger partial charge in [-0.05, 0) is 6.92 Å². The third-order valence-electron chi connectivity index (χ3n) is 0.689. The quantitative estimate of drug-likeness (QED) is 0.441. The molecule has 1 aliphatic heterocycles. The van der Waals surface area contributed by atoms with E-state index in [9.17, 15) is 0 Å². The Balaban J connectivity index is 2.32. The molecule has 1 rings (SSSR count). The minimum absolute atomic E-state index is 0.116. The summed E-state index contributed by atoms with van der Waals surface area (Å²) in [5, 5.41) is 3.41. The zero-order chi connectivity index (χ0) is 5.11. The Labute approximate surface area is 41.9 Å². The zero-order valence-electron chi connectivity index (χ0n) is 4.13.